The number of ketones is 1. The zero-order chi connectivity index (χ0) is 19.1. The zero-order valence-electron chi connectivity index (χ0n) is 15.3. The fourth-order valence-corrected chi connectivity index (χ4v) is 4.81. The molecule has 0 unspecified atom stereocenters. The van der Waals surface area contributed by atoms with Gasteiger partial charge in [-0.2, -0.15) is 0 Å². The maximum atomic E-state index is 13.3. The first kappa shape index (κ1) is 17.3. The predicted octanol–water partition coefficient (Wildman–Crippen LogP) is 6.40. The van der Waals surface area contributed by atoms with E-state index in [1.54, 1.807) is 6.07 Å². The summed E-state index contributed by atoms with van der Waals surface area (Å²) in [5.74, 6) is 0.689. The molecule has 0 spiro atoms. The molecule has 0 fully saturated rings. The third-order valence-electron chi connectivity index (χ3n) is 5.87. The average Bonchev–Trinajstić information content (AvgIpc) is 3.24. The van der Waals surface area contributed by atoms with Gasteiger partial charge in [0.15, 0.2) is 5.78 Å². The van der Waals surface area contributed by atoms with Crippen LogP contribution >= 0.6 is 11.6 Å². The third kappa shape index (κ3) is 2.85. The minimum atomic E-state index is -0.000844. The highest BCUT2D eigenvalue weighted by molar-refractivity contribution is 6.31. The number of allylic oxidation sites excluding steroid dienone is 2. The zero-order valence-corrected chi connectivity index (χ0v) is 16.1. The predicted molar refractivity (Wildman–Crippen MR) is 114 cm³/mol. The average molecular weight is 386 g/mol. The third-order valence-corrected chi connectivity index (χ3v) is 6.09. The van der Waals surface area contributed by atoms with Gasteiger partial charge >= 0.3 is 0 Å². The lowest BCUT2D eigenvalue weighted by Gasteiger charge is -2.38. The van der Waals surface area contributed by atoms with E-state index >= 15 is 0 Å². The van der Waals surface area contributed by atoms with Gasteiger partial charge in [-0.05, 0) is 35.6 Å². The summed E-state index contributed by atoms with van der Waals surface area (Å²) in [6.45, 7) is 0. The van der Waals surface area contributed by atoms with Gasteiger partial charge in [0.2, 0.25) is 0 Å². The summed E-state index contributed by atoms with van der Waals surface area (Å²) in [5.41, 5.74) is 4.61. The van der Waals surface area contributed by atoms with Gasteiger partial charge in [0.05, 0.1) is 6.04 Å². The second-order valence-electron chi connectivity index (χ2n) is 7.50. The van der Waals surface area contributed by atoms with Crippen molar-refractivity contribution < 1.29 is 4.79 Å². The molecule has 28 heavy (non-hydrogen) atoms. The Labute approximate surface area is 169 Å². The Kier molecular flexibility index (Phi) is 4.29. The van der Waals surface area contributed by atoms with E-state index in [1.807, 2.05) is 42.5 Å². The molecule has 0 saturated carbocycles. The first-order chi connectivity index (χ1) is 13.7. The maximum Gasteiger partial charge on any atom is 0.195 e. The van der Waals surface area contributed by atoms with Crippen LogP contribution < -0.4 is 5.32 Å². The summed E-state index contributed by atoms with van der Waals surface area (Å²) in [5, 5.41) is 4.32. The molecule has 1 N–H and O–H groups in total. The summed E-state index contributed by atoms with van der Waals surface area (Å²) in [6, 6.07) is 23.9. The molecule has 3 aromatic carbocycles. The number of rotatable bonds is 3. The first-order valence-electron chi connectivity index (χ1n) is 9.64. The summed E-state index contributed by atoms with van der Waals surface area (Å²) >= 11 is 6.45. The summed E-state index contributed by atoms with van der Waals surface area (Å²) < 4.78 is 0. The van der Waals surface area contributed by atoms with Crippen LogP contribution in [-0.4, -0.2) is 5.78 Å². The van der Waals surface area contributed by atoms with Gasteiger partial charge in [-0.25, -0.2) is 0 Å². The van der Waals surface area contributed by atoms with Crippen LogP contribution in [0.25, 0.3) is 0 Å². The van der Waals surface area contributed by atoms with Crippen LogP contribution in [0.4, 0.5) is 5.69 Å². The number of anilines is 1. The molecule has 3 atom stereocenters. The fourth-order valence-electron chi connectivity index (χ4n) is 4.58. The quantitative estimate of drug-likeness (QED) is 0.417. The van der Waals surface area contributed by atoms with Crippen LogP contribution in [0.1, 0.15) is 45.4 Å². The standard InChI is InChI=1S/C25H20ClNO/c26-18-14-21-19-12-7-13-20(19)23(16-8-3-1-4-9-16)27-24(21)22(15-18)25(28)17-10-5-2-6-11-17/h1-12,14-15,19-20,23,27H,13H2/t19-,20+,23-/m1/s1. The number of carbonyl (C=O) groups excluding carboxylic acids is 1. The summed E-state index contributed by atoms with van der Waals surface area (Å²) in [4.78, 5) is 13.3. The van der Waals surface area contributed by atoms with Crippen molar-refractivity contribution in [2.75, 3.05) is 5.32 Å². The maximum absolute atomic E-state index is 13.3. The molecule has 0 bridgehead atoms. The SMILES string of the molecule is O=C(c1ccccc1)c1cc(Cl)cc2c1N[C@H](c1ccccc1)[C@H]1CC=C[C@@H]21. The Hall–Kier alpha value is -2.84. The molecule has 1 aliphatic heterocycles. The molecule has 0 amide bonds. The van der Waals surface area contributed by atoms with Crippen molar-refractivity contribution in [1.29, 1.82) is 0 Å². The van der Waals surface area contributed by atoms with Crippen molar-refractivity contribution in [3.05, 3.63) is 112 Å². The highest BCUT2D eigenvalue weighted by Crippen LogP contribution is 2.51. The fraction of sp³-hybridized carbons (Fsp3) is 0.160. The Morgan fingerprint density at radius 1 is 0.964 bits per heavy atom. The van der Waals surface area contributed by atoms with Gasteiger partial charge in [-0.15, -0.1) is 0 Å². The van der Waals surface area contributed by atoms with Gasteiger partial charge in [-0.3, -0.25) is 4.79 Å². The molecule has 0 aromatic heterocycles. The van der Waals surface area contributed by atoms with Crippen LogP contribution in [-0.2, 0) is 0 Å². The smallest absolute Gasteiger partial charge is 0.195 e. The minimum Gasteiger partial charge on any atom is -0.377 e. The van der Waals surface area contributed by atoms with Crippen molar-refractivity contribution in [3.8, 4) is 0 Å². The Balaban J connectivity index is 1.66. The Bertz CT molecular complexity index is 1060. The van der Waals surface area contributed by atoms with E-state index in [1.165, 1.54) is 5.56 Å². The lowest BCUT2D eigenvalue weighted by Crippen LogP contribution is -2.30. The largest absolute Gasteiger partial charge is 0.377 e. The van der Waals surface area contributed by atoms with Gasteiger partial charge in [0.1, 0.15) is 0 Å². The number of halogens is 1. The van der Waals surface area contributed by atoms with E-state index in [9.17, 15) is 4.79 Å². The second kappa shape index (κ2) is 6.96. The highest BCUT2D eigenvalue weighted by atomic mass is 35.5. The molecule has 1 heterocycles. The molecule has 5 rings (SSSR count). The number of hydrogen-bond donors (Lipinski definition) is 1. The van der Waals surface area contributed by atoms with E-state index < -0.39 is 0 Å². The Morgan fingerprint density at radius 3 is 2.43 bits per heavy atom. The molecule has 0 saturated heterocycles. The highest BCUT2D eigenvalue weighted by Gasteiger charge is 2.39. The molecule has 0 radical (unpaired) electrons. The van der Waals surface area contributed by atoms with E-state index in [0.717, 1.165) is 17.7 Å². The monoisotopic (exact) mass is 385 g/mol. The number of carbonyl (C=O) groups is 1. The number of fused-ring (bicyclic) bond motifs is 3. The van der Waals surface area contributed by atoms with Gasteiger partial charge in [0, 0.05) is 27.8 Å². The molecular weight excluding hydrogens is 366 g/mol. The second-order valence-corrected chi connectivity index (χ2v) is 7.94. The van der Waals surface area contributed by atoms with Crippen molar-refractivity contribution in [3.63, 3.8) is 0 Å². The van der Waals surface area contributed by atoms with Crippen LogP contribution in [0.15, 0.2) is 84.9 Å². The van der Waals surface area contributed by atoms with Crippen LogP contribution in [0, 0.1) is 5.92 Å². The minimum absolute atomic E-state index is 0.000844. The number of benzene rings is 3. The summed E-state index contributed by atoms with van der Waals surface area (Å²) in [7, 11) is 0. The van der Waals surface area contributed by atoms with Crippen molar-refractivity contribution in [2.45, 2.75) is 18.4 Å². The Morgan fingerprint density at radius 2 is 1.68 bits per heavy atom. The molecule has 138 valence electrons. The molecule has 1 aliphatic carbocycles. The molecule has 3 heteroatoms. The van der Waals surface area contributed by atoms with Gasteiger partial charge in [-0.1, -0.05) is 84.4 Å². The van der Waals surface area contributed by atoms with Crippen molar-refractivity contribution >= 4 is 23.1 Å². The van der Waals surface area contributed by atoms with E-state index in [2.05, 4.69) is 41.7 Å². The lowest BCUT2D eigenvalue weighted by molar-refractivity contribution is 0.103. The normalized spacial score (nSPS) is 22.2. The number of hydrogen-bond acceptors (Lipinski definition) is 2. The van der Waals surface area contributed by atoms with Crippen LogP contribution in [0.3, 0.4) is 0 Å². The molecule has 3 aromatic rings. The van der Waals surface area contributed by atoms with Gasteiger partial charge < -0.3 is 5.32 Å². The lowest BCUT2D eigenvalue weighted by atomic mass is 9.76. The van der Waals surface area contributed by atoms with Crippen molar-refractivity contribution in [1.82, 2.24) is 0 Å². The van der Waals surface area contributed by atoms with Crippen LogP contribution in [0.5, 0.6) is 0 Å². The molecule has 2 aliphatic rings. The number of nitrogens with one attached hydrogen (secondary N) is 1. The summed E-state index contributed by atoms with van der Waals surface area (Å²) in [6.07, 6.45) is 5.54. The van der Waals surface area contributed by atoms with Crippen LogP contribution in [0.2, 0.25) is 5.02 Å². The topological polar surface area (TPSA) is 29.1 Å². The van der Waals surface area contributed by atoms with Gasteiger partial charge in [0.25, 0.3) is 0 Å². The van der Waals surface area contributed by atoms with E-state index in [0.29, 0.717) is 22.1 Å². The first-order valence-corrected chi connectivity index (χ1v) is 10.0. The van der Waals surface area contributed by atoms with E-state index in [4.69, 9.17) is 11.6 Å². The van der Waals surface area contributed by atoms with E-state index in [-0.39, 0.29) is 17.7 Å². The van der Waals surface area contributed by atoms with Crippen molar-refractivity contribution in [2.24, 2.45) is 5.92 Å². The molecule has 2 nitrogen and oxygen atoms in total. The molecular formula is C25H20ClNO.